The van der Waals surface area contributed by atoms with E-state index in [2.05, 4.69) is 4.72 Å². The molecule has 1 saturated heterocycles. The third kappa shape index (κ3) is 2.91. The van der Waals surface area contributed by atoms with Gasteiger partial charge >= 0.3 is 0 Å². The van der Waals surface area contributed by atoms with Gasteiger partial charge in [-0.2, -0.15) is 21.7 Å². The minimum absolute atomic E-state index is 0.206. The molecule has 0 spiro atoms. The fourth-order valence-corrected chi connectivity index (χ4v) is 6.03. The van der Waals surface area contributed by atoms with Crippen LogP contribution in [0, 0.1) is 21.4 Å². The number of nitrogens with zero attached hydrogens (tertiary/aromatic N) is 2. The highest BCUT2D eigenvalue weighted by Gasteiger charge is 2.40. The maximum absolute atomic E-state index is 12.2. The second kappa shape index (κ2) is 5.50. The number of thiophene rings is 1. The molecule has 1 aromatic rings. The fourth-order valence-electron chi connectivity index (χ4n) is 1.66. The Kier molecular flexibility index (Phi) is 4.27. The first kappa shape index (κ1) is 15.5. The lowest BCUT2D eigenvalue weighted by Crippen LogP contribution is -2.47. The molecule has 1 unspecified atom stereocenters. The van der Waals surface area contributed by atoms with E-state index in [-0.39, 0.29) is 8.55 Å². The number of hydrogen-bond donors (Lipinski definition) is 1. The molecule has 0 radical (unpaired) electrons. The summed E-state index contributed by atoms with van der Waals surface area (Å²) in [5.74, 6) is 1.03. The van der Waals surface area contributed by atoms with Gasteiger partial charge < -0.3 is 0 Å². The van der Waals surface area contributed by atoms with E-state index < -0.39 is 26.2 Å². The lowest BCUT2D eigenvalue weighted by Gasteiger charge is -2.20. The number of rotatable bonds is 4. The van der Waals surface area contributed by atoms with Crippen LogP contribution >= 0.6 is 34.7 Å². The first-order valence-corrected chi connectivity index (χ1v) is 9.10. The van der Waals surface area contributed by atoms with Crippen LogP contribution in [-0.4, -0.2) is 30.4 Å². The van der Waals surface area contributed by atoms with Crippen LogP contribution in [-0.2, 0) is 10.0 Å². The van der Waals surface area contributed by atoms with Gasteiger partial charge in [-0.25, -0.2) is 8.42 Å². The summed E-state index contributed by atoms with van der Waals surface area (Å²) < 4.78 is 26.3. The van der Waals surface area contributed by atoms with E-state index in [1.807, 2.05) is 6.07 Å². The molecule has 11 heteroatoms. The minimum Gasteiger partial charge on any atom is -0.258 e. The molecule has 1 aliphatic rings. The molecule has 1 atom stereocenters. The van der Waals surface area contributed by atoms with Crippen molar-refractivity contribution in [2.24, 2.45) is 0 Å². The Morgan fingerprint density at radius 3 is 2.75 bits per heavy atom. The second-order valence-electron chi connectivity index (χ2n) is 4.08. The summed E-state index contributed by atoms with van der Waals surface area (Å²) in [5.41, 5.74) is -1.61. The molecule has 1 fully saturated rings. The lowest BCUT2D eigenvalue weighted by atomic mass is 10.0. The second-order valence-corrected chi connectivity index (χ2v) is 8.75. The molecule has 2 rings (SSSR count). The van der Waals surface area contributed by atoms with Crippen molar-refractivity contribution in [3.63, 3.8) is 0 Å². The van der Waals surface area contributed by atoms with Gasteiger partial charge in [-0.3, -0.25) is 10.1 Å². The monoisotopic (exact) mass is 353 g/mol. The summed E-state index contributed by atoms with van der Waals surface area (Å²) in [7, 11) is -4.01. The number of nitro groups is 1. The average Bonchev–Trinajstić information content (AvgIpc) is 2.96. The summed E-state index contributed by atoms with van der Waals surface area (Å²) >= 11 is 7.72. The normalized spacial score (nSPS) is 22.6. The molecule has 0 saturated carbocycles. The van der Waals surface area contributed by atoms with Gasteiger partial charge in [-0.15, -0.1) is 11.3 Å². The van der Waals surface area contributed by atoms with Crippen molar-refractivity contribution in [1.29, 1.82) is 5.26 Å². The van der Waals surface area contributed by atoms with Crippen LogP contribution in [0.15, 0.2) is 10.3 Å². The molecule has 1 aliphatic heterocycles. The van der Waals surface area contributed by atoms with Crippen molar-refractivity contribution in [2.75, 3.05) is 11.5 Å². The first-order chi connectivity index (χ1) is 9.30. The Labute approximate surface area is 128 Å². The van der Waals surface area contributed by atoms with Gasteiger partial charge in [0.1, 0.15) is 9.75 Å². The van der Waals surface area contributed by atoms with E-state index in [1.165, 1.54) is 11.8 Å². The maximum atomic E-state index is 12.2. The van der Waals surface area contributed by atoms with E-state index in [0.717, 1.165) is 6.07 Å². The molecule has 108 valence electrons. The van der Waals surface area contributed by atoms with E-state index in [4.69, 9.17) is 16.9 Å². The number of halogens is 1. The maximum Gasteiger partial charge on any atom is 0.300 e. The highest BCUT2D eigenvalue weighted by Crippen LogP contribution is 2.37. The molecular weight excluding hydrogens is 346 g/mol. The van der Waals surface area contributed by atoms with Crippen molar-refractivity contribution in [2.45, 2.75) is 16.2 Å². The smallest absolute Gasteiger partial charge is 0.258 e. The Bertz CT molecular complexity index is 688. The van der Waals surface area contributed by atoms with Crippen LogP contribution < -0.4 is 4.72 Å². The Balaban J connectivity index is 2.34. The Hall–Kier alpha value is -0.860. The standard InChI is InChI=1S/C9H8ClN3O4S3/c10-8-6(13(14)15)3-7(19-8)20(16,17)12-9(4-11)1-2-18-5-9/h3,12H,1-2,5H2. The number of sulfonamides is 1. The average molecular weight is 354 g/mol. The number of thioether (sulfide) groups is 1. The van der Waals surface area contributed by atoms with E-state index in [9.17, 15) is 18.5 Å². The van der Waals surface area contributed by atoms with Gasteiger partial charge in [0.15, 0.2) is 4.34 Å². The minimum atomic E-state index is -4.01. The Morgan fingerprint density at radius 1 is 1.60 bits per heavy atom. The molecule has 2 heterocycles. The van der Waals surface area contributed by atoms with Crippen molar-refractivity contribution in [3.8, 4) is 6.07 Å². The van der Waals surface area contributed by atoms with Crippen molar-refractivity contribution >= 4 is 50.4 Å². The summed E-state index contributed by atoms with van der Waals surface area (Å²) in [6.45, 7) is 0. The van der Waals surface area contributed by atoms with Crippen LogP contribution in [0.25, 0.3) is 0 Å². The van der Waals surface area contributed by atoms with Gasteiger partial charge in [0, 0.05) is 11.8 Å². The Morgan fingerprint density at radius 2 is 2.30 bits per heavy atom. The fraction of sp³-hybridized carbons (Fsp3) is 0.444. The molecule has 1 N–H and O–H groups in total. The SMILES string of the molecule is N#CC1(NS(=O)(=O)c2cc([N+](=O)[O-])c(Cl)s2)CCSC1. The summed E-state index contributed by atoms with van der Waals surface area (Å²) in [6, 6.07) is 2.88. The summed E-state index contributed by atoms with van der Waals surface area (Å²) in [4.78, 5) is 9.94. The van der Waals surface area contributed by atoms with E-state index >= 15 is 0 Å². The molecule has 1 aromatic heterocycles. The molecule has 0 bridgehead atoms. The third-order valence-electron chi connectivity index (χ3n) is 2.67. The van der Waals surface area contributed by atoms with Crippen LogP contribution in [0.1, 0.15) is 6.42 Å². The number of nitriles is 1. The summed E-state index contributed by atoms with van der Waals surface area (Å²) in [5, 5.41) is 19.8. The van der Waals surface area contributed by atoms with Gasteiger partial charge in [-0.05, 0) is 12.2 Å². The van der Waals surface area contributed by atoms with Crippen LogP contribution in [0.2, 0.25) is 4.34 Å². The molecule has 0 aromatic carbocycles. The largest absolute Gasteiger partial charge is 0.300 e. The lowest BCUT2D eigenvalue weighted by molar-refractivity contribution is -0.384. The molecule has 20 heavy (non-hydrogen) atoms. The zero-order chi connectivity index (χ0) is 15.0. The summed E-state index contributed by atoms with van der Waals surface area (Å²) in [6.07, 6.45) is 0.397. The van der Waals surface area contributed by atoms with Gasteiger partial charge in [0.25, 0.3) is 15.7 Å². The van der Waals surface area contributed by atoms with Crippen molar-refractivity contribution < 1.29 is 13.3 Å². The van der Waals surface area contributed by atoms with E-state index in [1.54, 1.807) is 0 Å². The van der Waals surface area contributed by atoms with Crippen LogP contribution in [0.3, 0.4) is 0 Å². The first-order valence-electron chi connectivity index (χ1n) is 5.26. The molecular formula is C9H8ClN3O4S3. The van der Waals surface area contributed by atoms with E-state index in [0.29, 0.717) is 29.3 Å². The number of hydrogen-bond acceptors (Lipinski definition) is 7. The highest BCUT2D eigenvalue weighted by molar-refractivity contribution is 7.99. The highest BCUT2D eigenvalue weighted by atomic mass is 35.5. The van der Waals surface area contributed by atoms with Gasteiger partial charge in [-0.1, -0.05) is 11.6 Å². The van der Waals surface area contributed by atoms with Crippen LogP contribution in [0.4, 0.5) is 5.69 Å². The predicted molar refractivity (Wildman–Crippen MR) is 76.6 cm³/mol. The molecule has 0 amide bonds. The van der Waals surface area contributed by atoms with Crippen LogP contribution in [0.5, 0.6) is 0 Å². The quantitative estimate of drug-likeness (QED) is 0.654. The number of nitrogens with one attached hydrogen (secondary N) is 1. The van der Waals surface area contributed by atoms with Gasteiger partial charge in [0.2, 0.25) is 0 Å². The molecule has 0 aliphatic carbocycles. The zero-order valence-electron chi connectivity index (χ0n) is 9.83. The topological polar surface area (TPSA) is 113 Å². The third-order valence-corrected chi connectivity index (χ3v) is 7.21. The van der Waals surface area contributed by atoms with Crippen molar-refractivity contribution in [1.82, 2.24) is 4.72 Å². The predicted octanol–water partition coefficient (Wildman–Crippen LogP) is 1.99. The van der Waals surface area contributed by atoms with Gasteiger partial charge in [0.05, 0.1) is 11.0 Å². The van der Waals surface area contributed by atoms with Crippen molar-refractivity contribution in [3.05, 3.63) is 20.5 Å². The zero-order valence-corrected chi connectivity index (χ0v) is 13.0. The molecule has 7 nitrogen and oxygen atoms in total.